The summed E-state index contributed by atoms with van der Waals surface area (Å²) in [5, 5.41) is 5.57. The summed E-state index contributed by atoms with van der Waals surface area (Å²) in [6.07, 6.45) is 0.825. The number of piperidine rings is 1. The van der Waals surface area contributed by atoms with Crippen LogP contribution in [0.15, 0.2) is 24.3 Å². The number of benzene rings is 1. The number of halogens is 1. The average molecular weight is 383 g/mol. The smallest absolute Gasteiger partial charge is 0.315 e. The zero-order chi connectivity index (χ0) is 18.6. The summed E-state index contributed by atoms with van der Waals surface area (Å²) in [4.78, 5) is 26.2. The molecule has 1 heterocycles. The van der Waals surface area contributed by atoms with E-state index in [4.69, 9.17) is 5.73 Å². The van der Waals surface area contributed by atoms with Crippen LogP contribution in [0, 0.1) is 5.41 Å². The maximum Gasteiger partial charge on any atom is 0.315 e. The van der Waals surface area contributed by atoms with Crippen LogP contribution in [-0.4, -0.2) is 42.0 Å². The Morgan fingerprint density at radius 3 is 2.42 bits per heavy atom. The monoisotopic (exact) mass is 382 g/mol. The van der Waals surface area contributed by atoms with Gasteiger partial charge >= 0.3 is 6.03 Å². The second-order valence-corrected chi connectivity index (χ2v) is 7.79. The lowest BCUT2D eigenvalue weighted by atomic mass is 9.79. The van der Waals surface area contributed by atoms with Crippen LogP contribution in [0.4, 0.5) is 4.79 Å². The molecule has 1 unspecified atom stereocenters. The Morgan fingerprint density at radius 2 is 1.88 bits per heavy atom. The van der Waals surface area contributed by atoms with Gasteiger partial charge in [-0.25, -0.2) is 4.79 Å². The average Bonchev–Trinajstić information content (AvgIpc) is 2.54. The van der Waals surface area contributed by atoms with Crippen LogP contribution < -0.4 is 16.4 Å². The van der Waals surface area contributed by atoms with Crippen molar-refractivity contribution in [1.29, 1.82) is 0 Å². The molecule has 1 aromatic carbocycles. The molecule has 1 aromatic rings. The van der Waals surface area contributed by atoms with Crippen molar-refractivity contribution in [2.75, 3.05) is 13.1 Å². The van der Waals surface area contributed by atoms with E-state index in [9.17, 15) is 9.59 Å². The van der Waals surface area contributed by atoms with E-state index in [1.54, 1.807) is 0 Å². The number of nitrogens with zero attached hydrogens (tertiary/aromatic N) is 1. The van der Waals surface area contributed by atoms with E-state index in [1.165, 1.54) is 0 Å². The molecule has 0 aliphatic carbocycles. The molecular weight excluding hydrogens is 352 g/mol. The van der Waals surface area contributed by atoms with Crippen molar-refractivity contribution in [3.63, 3.8) is 0 Å². The van der Waals surface area contributed by atoms with Crippen LogP contribution in [0.5, 0.6) is 0 Å². The van der Waals surface area contributed by atoms with Crippen molar-refractivity contribution >= 4 is 24.3 Å². The van der Waals surface area contributed by atoms with Gasteiger partial charge in [-0.1, -0.05) is 26.0 Å². The Morgan fingerprint density at radius 1 is 1.27 bits per heavy atom. The van der Waals surface area contributed by atoms with Crippen LogP contribution in [-0.2, 0) is 6.54 Å². The van der Waals surface area contributed by atoms with Crippen molar-refractivity contribution < 1.29 is 9.59 Å². The summed E-state index contributed by atoms with van der Waals surface area (Å²) in [6.45, 7) is 9.83. The fourth-order valence-electron chi connectivity index (χ4n) is 2.99. The van der Waals surface area contributed by atoms with Crippen molar-refractivity contribution in [3.8, 4) is 0 Å². The van der Waals surface area contributed by atoms with Gasteiger partial charge < -0.3 is 21.3 Å². The van der Waals surface area contributed by atoms with E-state index in [1.807, 2.05) is 43.0 Å². The SMILES string of the molecule is CC(C)NC(=O)NCc1ccc(C(=O)N2CCC(N)C(C)(C)C2)cc1.Cl. The van der Waals surface area contributed by atoms with Gasteiger partial charge in [-0.15, -0.1) is 12.4 Å². The van der Waals surface area contributed by atoms with Gasteiger partial charge in [0.2, 0.25) is 0 Å². The first-order valence-corrected chi connectivity index (χ1v) is 8.87. The number of nitrogens with two attached hydrogens (primary N) is 1. The molecular formula is C19H31ClN4O2. The van der Waals surface area contributed by atoms with Crippen molar-refractivity contribution in [2.45, 2.75) is 52.7 Å². The molecule has 1 atom stereocenters. The van der Waals surface area contributed by atoms with E-state index in [-0.39, 0.29) is 41.8 Å². The third-order valence-electron chi connectivity index (χ3n) is 4.67. The number of rotatable bonds is 4. The lowest BCUT2D eigenvalue weighted by Gasteiger charge is -2.42. The van der Waals surface area contributed by atoms with Crippen LogP contribution in [0.3, 0.4) is 0 Å². The maximum absolute atomic E-state index is 12.7. The number of amides is 3. The Bertz CT molecular complexity index is 616. The number of nitrogens with one attached hydrogen (secondary N) is 2. The molecule has 0 bridgehead atoms. The largest absolute Gasteiger partial charge is 0.338 e. The molecule has 26 heavy (non-hydrogen) atoms. The number of likely N-dealkylation sites (tertiary alicyclic amines) is 1. The predicted molar refractivity (Wildman–Crippen MR) is 106 cm³/mol. The third kappa shape index (κ3) is 5.88. The molecule has 0 spiro atoms. The molecule has 0 aromatic heterocycles. The highest BCUT2D eigenvalue weighted by Crippen LogP contribution is 2.28. The van der Waals surface area contributed by atoms with Gasteiger partial charge in [-0.3, -0.25) is 4.79 Å². The second-order valence-electron chi connectivity index (χ2n) is 7.79. The number of carbonyl (C=O) groups is 2. The summed E-state index contributed by atoms with van der Waals surface area (Å²) >= 11 is 0. The summed E-state index contributed by atoms with van der Waals surface area (Å²) in [7, 11) is 0. The first-order valence-electron chi connectivity index (χ1n) is 8.87. The predicted octanol–water partition coefficient (Wildman–Crippen LogP) is 2.52. The van der Waals surface area contributed by atoms with Gasteiger partial charge in [-0.2, -0.15) is 0 Å². The molecule has 4 N–H and O–H groups in total. The van der Waals surface area contributed by atoms with Gasteiger partial charge in [0.25, 0.3) is 5.91 Å². The van der Waals surface area contributed by atoms with E-state index < -0.39 is 0 Å². The van der Waals surface area contributed by atoms with Gasteiger partial charge in [0, 0.05) is 37.3 Å². The fraction of sp³-hybridized carbons (Fsp3) is 0.579. The molecule has 0 radical (unpaired) electrons. The Labute approximate surface area is 162 Å². The number of carbonyl (C=O) groups excluding carboxylic acids is 2. The summed E-state index contributed by atoms with van der Waals surface area (Å²) in [5.41, 5.74) is 7.70. The molecule has 2 rings (SSSR count). The maximum atomic E-state index is 12.7. The van der Waals surface area contributed by atoms with Crippen LogP contribution in [0.1, 0.15) is 50.0 Å². The minimum atomic E-state index is -0.193. The van der Waals surface area contributed by atoms with Gasteiger partial charge in [0.05, 0.1) is 0 Å². The molecule has 0 saturated carbocycles. The molecule has 6 nitrogen and oxygen atoms in total. The Hall–Kier alpha value is -1.79. The lowest BCUT2D eigenvalue weighted by Crippen LogP contribution is -2.54. The number of urea groups is 1. The number of hydrogen-bond acceptors (Lipinski definition) is 3. The van der Waals surface area contributed by atoms with Crippen molar-refractivity contribution in [3.05, 3.63) is 35.4 Å². The topological polar surface area (TPSA) is 87.5 Å². The first kappa shape index (κ1) is 22.3. The van der Waals surface area contributed by atoms with Crippen molar-refractivity contribution in [2.24, 2.45) is 11.1 Å². The molecule has 1 aliphatic rings. The van der Waals surface area contributed by atoms with Crippen LogP contribution in [0.25, 0.3) is 0 Å². The van der Waals surface area contributed by atoms with Gasteiger partial charge in [0.15, 0.2) is 0 Å². The molecule has 1 aliphatic heterocycles. The lowest BCUT2D eigenvalue weighted by molar-refractivity contribution is 0.0533. The number of hydrogen-bond donors (Lipinski definition) is 3. The Balaban J connectivity index is 0.00000338. The summed E-state index contributed by atoms with van der Waals surface area (Å²) in [5.74, 6) is 0.0389. The summed E-state index contributed by atoms with van der Waals surface area (Å²) in [6, 6.07) is 7.43. The molecule has 3 amide bonds. The van der Waals surface area contributed by atoms with Gasteiger partial charge in [-0.05, 0) is 43.4 Å². The molecule has 7 heteroatoms. The Kier molecular flexibility index (Phi) is 7.90. The zero-order valence-electron chi connectivity index (χ0n) is 16.0. The van der Waals surface area contributed by atoms with E-state index in [0.29, 0.717) is 25.2 Å². The highest BCUT2D eigenvalue weighted by Gasteiger charge is 2.35. The third-order valence-corrected chi connectivity index (χ3v) is 4.67. The van der Waals surface area contributed by atoms with E-state index in [0.717, 1.165) is 12.0 Å². The van der Waals surface area contributed by atoms with E-state index in [2.05, 4.69) is 24.5 Å². The van der Waals surface area contributed by atoms with Gasteiger partial charge in [0.1, 0.15) is 0 Å². The molecule has 146 valence electrons. The van der Waals surface area contributed by atoms with Crippen molar-refractivity contribution in [1.82, 2.24) is 15.5 Å². The second kappa shape index (κ2) is 9.24. The first-order chi connectivity index (χ1) is 11.7. The minimum absolute atomic E-state index is 0. The molecule has 1 saturated heterocycles. The van der Waals surface area contributed by atoms with Crippen LogP contribution >= 0.6 is 12.4 Å². The van der Waals surface area contributed by atoms with Crippen LogP contribution in [0.2, 0.25) is 0 Å². The fourth-order valence-corrected chi connectivity index (χ4v) is 2.99. The highest BCUT2D eigenvalue weighted by molar-refractivity contribution is 5.94. The summed E-state index contributed by atoms with van der Waals surface area (Å²) < 4.78 is 0. The minimum Gasteiger partial charge on any atom is -0.338 e. The molecule has 1 fully saturated rings. The zero-order valence-corrected chi connectivity index (χ0v) is 16.9. The normalized spacial score (nSPS) is 18.8. The quantitative estimate of drug-likeness (QED) is 0.747. The standard InChI is InChI=1S/C19H30N4O2.ClH/c1-13(2)22-18(25)21-11-14-5-7-15(8-6-14)17(24)23-10-9-16(20)19(3,4)12-23;/h5-8,13,16H,9-12,20H2,1-4H3,(H2,21,22,25);1H. The van der Waals surface area contributed by atoms with E-state index >= 15 is 0 Å². The highest BCUT2D eigenvalue weighted by atomic mass is 35.5.